The van der Waals surface area contributed by atoms with Crippen LogP contribution in [0.4, 0.5) is 0 Å². The quantitative estimate of drug-likeness (QED) is 0.391. The van der Waals surface area contributed by atoms with Crippen molar-refractivity contribution in [3.63, 3.8) is 0 Å². The number of rotatable bonds is 7. The van der Waals surface area contributed by atoms with E-state index in [2.05, 4.69) is 15.9 Å². The van der Waals surface area contributed by atoms with Gasteiger partial charge in [-0.2, -0.15) is 0 Å². The molecule has 72 valence electrons. The van der Waals surface area contributed by atoms with Crippen LogP contribution < -0.4 is 0 Å². The molecule has 0 bridgehead atoms. The Hall–Kier alpha value is 1.29. The molecule has 0 aromatic rings. The number of hydrogen-bond acceptors (Lipinski definition) is 2. The van der Waals surface area contributed by atoms with Crippen LogP contribution in [0, 0.1) is 0 Å². The standard InChI is InChI=1S/C8H15BrOSTe/c1-8(10)11-5-3-7-12-6-2-4-9/h2-7H2,1H3. The van der Waals surface area contributed by atoms with E-state index in [4.69, 9.17) is 0 Å². The minimum atomic E-state index is 0.260. The van der Waals surface area contributed by atoms with Gasteiger partial charge in [0.15, 0.2) is 0 Å². The first-order valence-corrected chi connectivity index (χ1v) is 9.44. The van der Waals surface area contributed by atoms with E-state index in [-0.39, 0.29) is 26.0 Å². The summed E-state index contributed by atoms with van der Waals surface area (Å²) in [6, 6.07) is 0. The first-order chi connectivity index (χ1) is 5.77. The van der Waals surface area contributed by atoms with Crippen LogP contribution in [0.1, 0.15) is 19.8 Å². The van der Waals surface area contributed by atoms with E-state index in [9.17, 15) is 4.79 Å². The molecule has 12 heavy (non-hydrogen) atoms. The third kappa shape index (κ3) is 11.3. The third-order valence-corrected chi connectivity index (χ3v) is 5.92. The second-order valence-electron chi connectivity index (χ2n) is 2.35. The molecule has 0 atom stereocenters. The van der Waals surface area contributed by atoms with E-state index in [1.165, 1.54) is 33.5 Å². The van der Waals surface area contributed by atoms with Gasteiger partial charge >= 0.3 is 98.3 Å². The summed E-state index contributed by atoms with van der Waals surface area (Å²) in [5.74, 6) is 1.04. The molecule has 0 saturated carbocycles. The van der Waals surface area contributed by atoms with Crippen molar-refractivity contribution in [3.8, 4) is 0 Å². The first kappa shape index (κ1) is 13.3. The van der Waals surface area contributed by atoms with Gasteiger partial charge in [-0.05, 0) is 0 Å². The van der Waals surface area contributed by atoms with Crippen molar-refractivity contribution in [2.75, 3.05) is 11.1 Å². The van der Waals surface area contributed by atoms with Crippen molar-refractivity contribution in [2.45, 2.75) is 28.7 Å². The van der Waals surface area contributed by atoms with E-state index in [0.717, 1.165) is 11.1 Å². The molecule has 0 aromatic carbocycles. The zero-order valence-electron chi connectivity index (χ0n) is 7.35. The Balaban J connectivity index is 2.86. The van der Waals surface area contributed by atoms with Crippen LogP contribution in [0.5, 0.6) is 0 Å². The number of thioether (sulfide) groups is 1. The second kappa shape index (κ2) is 10.4. The summed E-state index contributed by atoms with van der Waals surface area (Å²) >= 11 is 5.16. The molecule has 0 spiro atoms. The summed E-state index contributed by atoms with van der Waals surface area (Å²) in [5.41, 5.74) is 0. The van der Waals surface area contributed by atoms with Crippen LogP contribution >= 0.6 is 27.7 Å². The van der Waals surface area contributed by atoms with Crippen LogP contribution in [-0.2, 0) is 4.79 Å². The van der Waals surface area contributed by atoms with Gasteiger partial charge in [-0.3, -0.25) is 0 Å². The predicted molar refractivity (Wildman–Crippen MR) is 61.5 cm³/mol. The molecule has 4 heteroatoms. The van der Waals surface area contributed by atoms with Crippen molar-refractivity contribution in [1.82, 2.24) is 0 Å². The van der Waals surface area contributed by atoms with Crippen molar-refractivity contribution in [1.29, 1.82) is 0 Å². The summed E-state index contributed by atoms with van der Waals surface area (Å²) < 4.78 is 2.85. The Morgan fingerprint density at radius 2 is 2.08 bits per heavy atom. The zero-order chi connectivity index (χ0) is 9.23. The van der Waals surface area contributed by atoms with Crippen LogP contribution in [0.25, 0.3) is 0 Å². The van der Waals surface area contributed by atoms with Gasteiger partial charge in [-0.1, -0.05) is 0 Å². The normalized spacial score (nSPS) is 10.2. The van der Waals surface area contributed by atoms with E-state index >= 15 is 0 Å². The number of carbonyl (C=O) groups is 1. The van der Waals surface area contributed by atoms with Gasteiger partial charge in [-0.25, -0.2) is 0 Å². The van der Waals surface area contributed by atoms with Crippen molar-refractivity contribution in [2.24, 2.45) is 0 Å². The first-order valence-electron chi connectivity index (χ1n) is 4.04. The van der Waals surface area contributed by atoms with E-state index in [0.29, 0.717) is 0 Å². The average Bonchev–Trinajstić information content (AvgIpc) is 2.02. The van der Waals surface area contributed by atoms with E-state index in [1.807, 2.05) is 0 Å². The minimum absolute atomic E-state index is 0.260. The predicted octanol–water partition coefficient (Wildman–Crippen LogP) is 2.98. The Labute approximate surface area is 97.6 Å². The maximum atomic E-state index is 10.5. The number of hydrogen-bond donors (Lipinski definition) is 0. The van der Waals surface area contributed by atoms with Crippen LogP contribution in [0.2, 0.25) is 8.94 Å². The Bertz CT molecular complexity index is 122. The second-order valence-corrected chi connectivity index (χ2v) is 7.91. The fourth-order valence-electron chi connectivity index (χ4n) is 0.636. The summed E-state index contributed by atoms with van der Waals surface area (Å²) in [4.78, 5) is 10.5. The van der Waals surface area contributed by atoms with Gasteiger partial charge in [0.2, 0.25) is 0 Å². The Kier molecular flexibility index (Phi) is 11.5. The van der Waals surface area contributed by atoms with Crippen LogP contribution in [-0.4, -0.2) is 37.1 Å². The SMILES string of the molecule is CC(=O)SCCC[Te]CCCBr. The maximum absolute atomic E-state index is 10.5. The summed E-state index contributed by atoms with van der Waals surface area (Å²) in [7, 11) is 0. The Morgan fingerprint density at radius 3 is 2.67 bits per heavy atom. The van der Waals surface area contributed by atoms with Gasteiger partial charge in [0.25, 0.3) is 0 Å². The molecule has 0 N–H and O–H groups in total. The molecular weight excluding hydrogens is 352 g/mol. The molecule has 0 heterocycles. The topological polar surface area (TPSA) is 17.1 Å². The molecular formula is C8H15BrOSTe. The van der Waals surface area contributed by atoms with Crippen molar-refractivity contribution in [3.05, 3.63) is 0 Å². The fraction of sp³-hybridized carbons (Fsp3) is 0.875. The molecule has 0 aromatic heterocycles. The van der Waals surface area contributed by atoms with Gasteiger partial charge < -0.3 is 0 Å². The average molecular weight is 367 g/mol. The van der Waals surface area contributed by atoms with Gasteiger partial charge in [0.05, 0.1) is 0 Å². The summed E-state index contributed by atoms with van der Waals surface area (Å²) in [6.07, 6.45) is 2.58. The summed E-state index contributed by atoms with van der Waals surface area (Å²) in [5, 5.41) is 1.41. The van der Waals surface area contributed by atoms with E-state index < -0.39 is 0 Å². The molecule has 0 aliphatic heterocycles. The number of halogens is 1. The van der Waals surface area contributed by atoms with Crippen molar-refractivity contribution < 1.29 is 4.79 Å². The Morgan fingerprint density at radius 1 is 1.42 bits per heavy atom. The molecule has 0 unspecified atom stereocenters. The molecule has 0 radical (unpaired) electrons. The molecule has 0 rings (SSSR count). The number of carbonyl (C=O) groups excluding carboxylic acids is 1. The molecule has 0 saturated heterocycles. The molecule has 0 amide bonds. The zero-order valence-corrected chi connectivity index (χ0v) is 12.1. The monoisotopic (exact) mass is 368 g/mol. The van der Waals surface area contributed by atoms with Crippen LogP contribution in [0.3, 0.4) is 0 Å². The summed E-state index contributed by atoms with van der Waals surface area (Å²) in [6.45, 7) is 1.65. The fourth-order valence-corrected chi connectivity index (χ4v) is 5.79. The third-order valence-electron chi connectivity index (χ3n) is 1.16. The van der Waals surface area contributed by atoms with Crippen LogP contribution in [0.15, 0.2) is 0 Å². The van der Waals surface area contributed by atoms with Crippen molar-refractivity contribution >= 4 is 53.7 Å². The molecule has 0 aliphatic carbocycles. The molecule has 0 fully saturated rings. The van der Waals surface area contributed by atoms with Gasteiger partial charge in [0.1, 0.15) is 0 Å². The molecule has 0 aliphatic rings. The van der Waals surface area contributed by atoms with Gasteiger partial charge in [-0.15, -0.1) is 0 Å². The molecule has 1 nitrogen and oxygen atoms in total. The van der Waals surface area contributed by atoms with Gasteiger partial charge in [0, 0.05) is 0 Å². The van der Waals surface area contributed by atoms with E-state index in [1.54, 1.807) is 6.92 Å². The number of alkyl halides is 1.